The van der Waals surface area contributed by atoms with Gasteiger partial charge < -0.3 is 10.4 Å². The van der Waals surface area contributed by atoms with Crippen molar-refractivity contribution in [1.82, 2.24) is 5.32 Å². The smallest absolute Gasteiger partial charge is 0.226 e. The summed E-state index contributed by atoms with van der Waals surface area (Å²) in [5.41, 5.74) is -0.547. The van der Waals surface area contributed by atoms with E-state index < -0.39 is 11.5 Å². The Morgan fingerprint density at radius 2 is 1.41 bits per heavy atom. The van der Waals surface area contributed by atoms with Crippen molar-refractivity contribution in [3.8, 4) is 0 Å². The molecule has 3 heteroatoms. The number of nitrogens with one attached hydrogen (secondary N) is 1. The Hall–Kier alpha value is -0.570. The molecule has 0 saturated heterocycles. The van der Waals surface area contributed by atoms with E-state index in [0.29, 0.717) is 18.4 Å². The molecule has 1 amide bonds. The van der Waals surface area contributed by atoms with Crippen LogP contribution in [-0.2, 0) is 4.79 Å². The van der Waals surface area contributed by atoms with Crippen LogP contribution in [0, 0.1) is 28.1 Å². The molecule has 0 fully saturated rings. The van der Waals surface area contributed by atoms with Crippen molar-refractivity contribution < 1.29 is 9.90 Å². The highest BCUT2D eigenvalue weighted by Crippen LogP contribution is 2.52. The lowest BCUT2D eigenvalue weighted by Crippen LogP contribution is -2.53. The third-order valence-corrected chi connectivity index (χ3v) is 6.30. The van der Waals surface area contributed by atoms with Crippen molar-refractivity contribution in [1.29, 1.82) is 0 Å². The second-order valence-corrected chi connectivity index (χ2v) is 9.09. The Kier molecular flexibility index (Phi) is 7.14. The lowest BCUT2D eigenvalue weighted by atomic mass is 9.54. The van der Waals surface area contributed by atoms with Gasteiger partial charge in [0.15, 0.2) is 0 Å². The van der Waals surface area contributed by atoms with Crippen LogP contribution < -0.4 is 5.32 Å². The maximum atomic E-state index is 13.0. The molecule has 3 nitrogen and oxygen atoms in total. The van der Waals surface area contributed by atoms with Crippen LogP contribution in [0.4, 0.5) is 0 Å². The van der Waals surface area contributed by atoms with Crippen LogP contribution in [0.25, 0.3) is 0 Å². The van der Waals surface area contributed by atoms with E-state index >= 15 is 0 Å². The highest BCUT2D eigenvalue weighted by Gasteiger charge is 2.51. The lowest BCUT2D eigenvalue weighted by Gasteiger charge is -2.50. The second kappa shape index (κ2) is 7.33. The minimum atomic E-state index is -0.520. The molecule has 22 heavy (non-hydrogen) atoms. The van der Waals surface area contributed by atoms with Gasteiger partial charge in [-0.2, -0.15) is 0 Å². The Morgan fingerprint density at radius 3 is 1.73 bits per heavy atom. The number of hydrogen-bond donors (Lipinski definition) is 2. The Morgan fingerprint density at radius 1 is 0.955 bits per heavy atom. The van der Waals surface area contributed by atoms with Gasteiger partial charge in [-0.05, 0) is 36.0 Å². The van der Waals surface area contributed by atoms with E-state index in [1.165, 1.54) is 0 Å². The van der Waals surface area contributed by atoms with Crippen molar-refractivity contribution >= 4 is 5.91 Å². The van der Waals surface area contributed by atoms with Gasteiger partial charge in [0.1, 0.15) is 0 Å². The molecule has 132 valence electrons. The van der Waals surface area contributed by atoms with Crippen LogP contribution in [0.15, 0.2) is 0 Å². The maximum Gasteiger partial charge on any atom is 0.226 e. The van der Waals surface area contributed by atoms with E-state index in [2.05, 4.69) is 67.6 Å². The van der Waals surface area contributed by atoms with Crippen molar-refractivity contribution in [2.24, 2.45) is 28.1 Å². The minimum absolute atomic E-state index is 0.0563. The monoisotopic (exact) mass is 313 g/mol. The minimum Gasteiger partial charge on any atom is -0.392 e. The first-order valence-corrected chi connectivity index (χ1v) is 8.65. The molecule has 2 N–H and O–H groups in total. The largest absolute Gasteiger partial charge is 0.392 e. The van der Waals surface area contributed by atoms with Crippen LogP contribution in [0.5, 0.6) is 0 Å². The highest BCUT2D eigenvalue weighted by atomic mass is 16.3. The first-order chi connectivity index (χ1) is 9.68. The lowest BCUT2D eigenvalue weighted by molar-refractivity contribution is -0.144. The van der Waals surface area contributed by atoms with Crippen molar-refractivity contribution in [3.63, 3.8) is 0 Å². The van der Waals surface area contributed by atoms with Gasteiger partial charge in [0.2, 0.25) is 5.91 Å². The summed E-state index contributed by atoms with van der Waals surface area (Å²) in [6.45, 7) is 21.8. The highest BCUT2D eigenvalue weighted by molar-refractivity contribution is 5.83. The normalized spacial score (nSPS) is 17.5. The summed E-state index contributed by atoms with van der Waals surface area (Å²) in [5, 5.41) is 12.4. The third kappa shape index (κ3) is 4.71. The molecule has 0 saturated carbocycles. The third-order valence-electron chi connectivity index (χ3n) is 6.30. The zero-order valence-corrected chi connectivity index (χ0v) is 16.5. The zero-order valence-electron chi connectivity index (χ0n) is 16.5. The fourth-order valence-corrected chi connectivity index (χ4v) is 2.79. The van der Waals surface area contributed by atoms with Gasteiger partial charge >= 0.3 is 0 Å². The molecular weight excluding hydrogens is 274 g/mol. The van der Waals surface area contributed by atoms with Gasteiger partial charge in [0.25, 0.3) is 0 Å². The maximum absolute atomic E-state index is 13.0. The van der Waals surface area contributed by atoms with E-state index in [1.807, 2.05) is 0 Å². The summed E-state index contributed by atoms with van der Waals surface area (Å²) in [5.74, 6) is 0.943. The predicted molar refractivity (Wildman–Crippen MR) is 94.7 cm³/mol. The molecule has 0 rings (SSSR count). The molecule has 2 unspecified atom stereocenters. The number of carbonyl (C=O) groups is 1. The molecular formula is C19H39NO2. The van der Waals surface area contributed by atoms with Crippen LogP contribution in [0.1, 0.15) is 75.7 Å². The molecule has 0 aliphatic carbocycles. The molecule has 0 aliphatic heterocycles. The standard InChI is InChI=1S/C19H39NO2/c1-13(2)17(6,7)12-19(10,18(8,9)14(3)4)16(22)20-11-15(5)21/h13-15,21H,11-12H2,1-10H3,(H,20,22). The van der Waals surface area contributed by atoms with E-state index in [-0.39, 0.29) is 16.7 Å². The number of rotatable bonds is 8. The Labute approximate surface area is 138 Å². The first-order valence-electron chi connectivity index (χ1n) is 8.65. The number of hydrogen-bond acceptors (Lipinski definition) is 2. The van der Waals surface area contributed by atoms with Gasteiger partial charge in [-0.3, -0.25) is 4.79 Å². The second-order valence-electron chi connectivity index (χ2n) is 9.09. The predicted octanol–water partition coefficient (Wildman–Crippen LogP) is 4.24. The topological polar surface area (TPSA) is 49.3 Å². The van der Waals surface area contributed by atoms with Crippen LogP contribution >= 0.6 is 0 Å². The summed E-state index contributed by atoms with van der Waals surface area (Å²) in [6.07, 6.45) is 0.308. The molecule has 0 aromatic carbocycles. The molecule has 0 aliphatic rings. The first kappa shape index (κ1) is 21.4. The fraction of sp³-hybridized carbons (Fsp3) is 0.947. The van der Waals surface area contributed by atoms with Gasteiger partial charge in [0.05, 0.1) is 11.5 Å². The molecule has 0 aromatic heterocycles. The fourth-order valence-electron chi connectivity index (χ4n) is 2.79. The van der Waals surface area contributed by atoms with E-state index in [1.54, 1.807) is 6.92 Å². The number of aliphatic hydroxyl groups excluding tert-OH is 1. The van der Waals surface area contributed by atoms with Gasteiger partial charge in [-0.1, -0.05) is 62.3 Å². The summed E-state index contributed by atoms with van der Waals surface area (Å²) >= 11 is 0. The molecule has 0 spiro atoms. The van der Waals surface area contributed by atoms with Crippen molar-refractivity contribution in [3.05, 3.63) is 0 Å². The SMILES string of the molecule is CC(O)CNC(=O)C(C)(CC(C)(C)C(C)C)C(C)(C)C(C)C. The summed E-state index contributed by atoms with van der Waals surface area (Å²) < 4.78 is 0. The van der Waals surface area contributed by atoms with Gasteiger partial charge in [-0.25, -0.2) is 0 Å². The van der Waals surface area contributed by atoms with E-state index in [4.69, 9.17) is 0 Å². The molecule has 0 aromatic rings. The quantitative estimate of drug-likeness (QED) is 0.704. The van der Waals surface area contributed by atoms with Crippen LogP contribution in [0.3, 0.4) is 0 Å². The number of carbonyl (C=O) groups excluding carboxylic acids is 1. The van der Waals surface area contributed by atoms with Crippen LogP contribution in [0.2, 0.25) is 0 Å². The van der Waals surface area contributed by atoms with Crippen LogP contribution in [-0.4, -0.2) is 23.7 Å². The molecule has 0 heterocycles. The Balaban J connectivity index is 5.64. The van der Waals surface area contributed by atoms with Crippen molar-refractivity contribution in [2.75, 3.05) is 6.54 Å². The summed E-state index contributed by atoms with van der Waals surface area (Å²) in [4.78, 5) is 13.0. The zero-order chi connectivity index (χ0) is 17.9. The van der Waals surface area contributed by atoms with Gasteiger partial charge in [0, 0.05) is 6.54 Å². The molecule has 0 bridgehead atoms. The number of amides is 1. The Bertz CT molecular complexity index is 370. The average molecular weight is 314 g/mol. The van der Waals surface area contributed by atoms with Crippen molar-refractivity contribution in [2.45, 2.75) is 81.8 Å². The average Bonchev–Trinajstić information content (AvgIpc) is 2.34. The molecule has 0 radical (unpaired) electrons. The summed E-state index contributed by atoms with van der Waals surface area (Å²) in [7, 11) is 0. The van der Waals surface area contributed by atoms with Gasteiger partial charge in [-0.15, -0.1) is 0 Å². The van der Waals surface area contributed by atoms with E-state index in [9.17, 15) is 9.90 Å². The van der Waals surface area contributed by atoms with E-state index in [0.717, 1.165) is 6.42 Å². The number of aliphatic hydroxyl groups is 1. The molecule has 2 atom stereocenters. The summed E-state index contributed by atoms with van der Waals surface area (Å²) in [6, 6.07) is 0.